The maximum Gasteiger partial charge on any atom is 0.410 e. The highest BCUT2D eigenvalue weighted by Gasteiger charge is 2.32. The first-order valence-corrected chi connectivity index (χ1v) is 6.69. The van der Waals surface area contributed by atoms with E-state index in [9.17, 15) is 15.0 Å². The third-order valence-electron chi connectivity index (χ3n) is 3.43. The van der Waals surface area contributed by atoms with Crippen LogP contribution in [0.3, 0.4) is 0 Å². The van der Waals surface area contributed by atoms with Crippen LogP contribution in [0.25, 0.3) is 0 Å². The number of rotatable bonds is 1. The quantitative estimate of drug-likeness (QED) is 0.775. The Kier molecular flexibility index (Phi) is 3.54. The number of aryl methyl sites for hydroxylation is 1. The number of ether oxygens (including phenoxy) is 1. The SMILES string of the molecule is CN(C(=O)OC(C)(C)C)C1CCc2cc(O)c(O)cc21. The van der Waals surface area contributed by atoms with Gasteiger partial charge in [-0.25, -0.2) is 4.79 Å². The predicted molar refractivity (Wildman–Crippen MR) is 74.8 cm³/mol. The number of phenolic OH excluding ortho intramolecular Hbond substituents is 2. The molecular formula is C15H21NO4. The van der Waals surface area contributed by atoms with E-state index in [-0.39, 0.29) is 23.6 Å². The van der Waals surface area contributed by atoms with Crippen molar-refractivity contribution in [2.24, 2.45) is 0 Å². The molecule has 0 aromatic heterocycles. The number of phenols is 2. The minimum absolute atomic E-state index is 0.121. The van der Waals surface area contributed by atoms with E-state index in [1.807, 2.05) is 20.8 Å². The van der Waals surface area contributed by atoms with Crippen LogP contribution in [0.15, 0.2) is 12.1 Å². The molecule has 0 spiro atoms. The first kappa shape index (κ1) is 14.5. The normalized spacial score (nSPS) is 17.7. The second-order valence-electron chi connectivity index (χ2n) is 6.19. The molecule has 1 aliphatic rings. The standard InChI is InChI=1S/C15H21NO4/c1-15(2,3)20-14(19)16(4)11-6-5-9-7-12(17)13(18)8-10(9)11/h7-8,11,17-18H,5-6H2,1-4H3. The molecule has 1 atom stereocenters. The lowest BCUT2D eigenvalue weighted by atomic mass is 10.1. The van der Waals surface area contributed by atoms with Crippen LogP contribution in [0.5, 0.6) is 11.5 Å². The van der Waals surface area contributed by atoms with E-state index in [2.05, 4.69) is 0 Å². The molecule has 0 aliphatic heterocycles. The average Bonchev–Trinajstić information content (AvgIpc) is 2.69. The Morgan fingerprint density at radius 1 is 1.30 bits per heavy atom. The minimum atomic E-state index is -0.538. The molecule has 2 N–H and O–H groups in total. The zero-order valence-electron chi connectivity index (χ0n) is 12.3. The molecule has 5 nitrogen and oxygen atoms in total. The molecule has 1 unspecified atom stereocenters. The van der Waals surface area contributed by atoms with Crippen molar-refractivity contribution in [3.05, 3.63) is 23.3 Å². The van der Waals surface area contributed by atoms with Gasteiger partial charge in [0.05, 0.1) is 6.04 Å². The van der Waals surface area contributed by atoms with Crippen molar-refractivity contribution in [3.8, 4) is 11.5 Å². The van der Waals surface area contributed by atoms with Crippen LogP contribution in [0.1, 0.15) is 44.4 Å². The summed E-state index contributed by atoms with van der Waals surface area (Å²) in [4.78, 5) is 13.6. The van der Waals surface area contributed by atoms with Gasteiger partial charge in [0.2, 0.25) is 0 Å². The summed E-state index contributed by atoms with van der Waals surface area (Å²) in [6, 6.07) is 2.96. The van der Waals surface area contributed by atoms with Crippen LogP contribution in [0.2, 0.25) is 0 Å². The zero-order valence-corrected chi connectivity index (χ0v) is 12.3. The molecule has 0 saturated carbocycles. The summed E-state index contributed by atoms with van der Waals surface area (Å²) < 4.78 is 5.36. The van der Waals surface area contributed by atoms with Crippen LogP contribution in [-0.2, 0) is 11.2 Å². The van der Waals surface area contributed by atoms with Gasteiger partial charge in [-0.05, 0) is 56.9 Å². The van der Waals surface area contributed by atoms with E-state index in [0.717, 1.165) is 24.0 Å². The number of amides is 1. The van der Waals surface area contributed by atoms with Gasteiger partial charge in [-0.3, -0.25) is 0 Å². The molecule has 5 heteroatoms. The van der Waals surface area contributed by atoms with Crippen molar-refractivity contribution in [1.29, 1.82) is 0 Å². The lowest BCUT2D eigenvalue weighted by Crippen LogP contribution is -2.36. The Labute approximate surface area is 118 Å². The summed E-state index contributed by atoms with van der Waals surface area (Å²) in [5, 5.41) is 19.1. The highest BCUT2D eigenvalue weighted by molar-refractivity contribution is 5.69. The van der Waals surface area contributed by atoms with Crippen molar-refractivity contribution >= 4 is 6.09 Å². The Bertz CT molecular complexity index is 533. The van der Waals surface area contributed by atoms with Crippen LogP contribution in [0, 0.1) is 0 Å². The topological polar surface area (TPSA) is 70.0 Å². The molecule has 0 radical (unpaired) electrons. The number of hydrogen-bond acceptors (Lipinski definition) is 4. The largest absolute Gasteiger partial charge is 0.504 e. The number of carbonyl (C=O) groups is 1. The Morgan fingerprint density at radius 2 is 1.90 bits per heavy atom. The molecule has 0 heterocycles. The Hall–Kier alpha value is -1.91. The minimum Gasteiger partial charge on any atom is -0.504 e. The van der Waals surface area contributed by atoms with E-state index < -0.39 is 5.60 Å². The summed E-state index contributed by atoms with van der Waals surface area (Å²) >= 11 is 0. The summed E-state index contributed by atoms with van der Waals surface area (Å²) in [5.41, 5.74) is 1.29. The molecule has 1 aliphatic carbocycles. The van der Waals surface area contributed by atoms with Crippen LogP contribution in [-0.4, -0.2) is 33.9 Å². The van der Waals surface area contributed by atoms with E-state index in [4.69, 9.17) is 4.74 Å². The molecule has 1 aromatic carbocycles. The van der Waals surface area contributed by atoms with Crippen molar-refractivity contribution < 1.29 is 19.7 Å². The van der Waals surface area contributed by atoms with Gasteiger partial charge < -0.3 is 19.8 Å². The highest BCUT2D eigenvalue weighted by atomic mass is 16.6. The molecule has 1 amide bonds. The van der Waals surface area contributed by atoms with Gasteiger partial charge in [0.25, 0.3) is 0 Å². The Morgan fingerprint density at radius 3 is 2.50 bits per heavy atom. The van der Waals surface area contributed by atoms with Crippen molar-refractivity contribution in [2.45, 2.75) is 45.3 Å². The monoisotopic (exact) mass is 279 g/mol. The van der Waals surface area contributed by atoms with Crippen molar-refractivity contribution in [2.75, 3.05) is 7.05 Å². The summed E-state index contributed by atoms with van der Waals surface area (Å²) in [5.74, 6) is -0.280. The Balaban J connectivity index is 2.21. The molecule has 0 fully saturated rings. The molecule has 2 rings (SSSR count). The smallest absolute Gasteiger partial charge is 0.410 e. The lowest BCUT2D eigenvalue weighted by molar-refractivity contribution is 0.0220. The fraction of sp³-hybridized carbons (Fsp3) is 0.533. The first-order chi connectivity index (χ1) is 9.19. The van der Waals surface area contributed by atoms with Gasteiger partial charge >= 0.3 is 6.09 Å². The second-order valence-corrected chi connectivity index (χ2v) is 6.19. The molecule has 1 aromatic rings. The zero-order chi connectivity index (χ0) is 15.1. The molecular weight excluding hydrogens is 258 g/mol. The number of carbonyl (C=O) groups excluding carboxylic acids is 1. The second kappa shape index (κ2) is 4.89. The van der Waals surface area contributed by atoms with Gasteiger partial charge in [-0.2, -0.15) is 0 Å². The predicted octanol–water partition coefficient (Wildman–Crippen LogP) is 2.95. The van der Waals surface area contributed by atoms with Gasteiger partial charge in [0.1, 0.15) is 5.60 Å². The highest BCUT2D eigenvalue weighted by Crippen LogP contribution is 2.40. The van der Waals surface area contributed by atoms with Crippen LogP contribution < -0.4 is 0 Å². The van der Waals surface area contributed by atoms with Crippen LogP contribution >= 0.6 is 0 Å². The number of hydrogen-bond donors (Lipinski definition) is 2. The van der Waals surface area contributed by atoms with Gasteiger partial charge in [-0.1, -0.05) is 0 Å². The third-order valence-corrected chi connectivity index (χ3v) is 3.43. The van der Waals surface area contributed by atoms with E-state index >= 15 is 0 Å². The van der Waals surface area contributed by atoms with Crippen LogP contribution in [0.4, 0.5) is 4.79 Å². The van der Waals surface area contributed by atoms with E-state index in [0.29, 0.717) is 0 Å². The lowest BCUT2D eigenvalue weighted by Gasteiger charge is -2.29. The molecule has 0 bridgehead atoms. The third kappa shape index (κ3) is 2.81. The number of aromatic hydroxyl groups is 2. The summed E-state index contributed by atoms with van der Waals surface area (Å²) in [7, 11) is 1.69. The summed E-state index contributed by atoms with van der Waals surface area (Å²) in [6.45, 7) is 5.47. The average molecular weight is 279 g/mol. The van der Waals surface area contributed by atoms with E-state index in [1.54, 1.807) is 18.0 Å². The van der Waals surface area contributed by atoms with Gasteiger partial charge in [-0.15, -0.1) is 0 Å². The fourth-order valence-corrected chi connectivity index (χ4v) is 2.47. The molecule has 0 saturated heterocycles. The number of benzene rings is 1. The number of fused-ring (bicyclic) bond motifs is 1. The number of nitrogens with zero attached hydrogens (tertiary/aromatic N) is 1. The molecule has 20 heavy (non-hydrogen) atoms. The van der Waals surface area contributed by atoms with Gasteiger partial charge in [0.15, 0.2) is 11.5 Å². The first-order valence-electron chi connectivity index (χ1n) is 6.69. The van der Waals surface area contributed by atoms with E-state index in [1.165, 1.54) is 6.07 Å². The molecule has 110 valence electrons. The fourth-order valence-electron chi connectivity index (χ4n) is 2.47. The maximum absolute atomic E-state index is 12.1. The summed E-state index contributed by atoms with van der Waals surface area (Å²) in [6.07, 6.45) is 1.14. The van der Waals surface area contributed by atoms with Gasteiger partial charge in [0, 0.05) is 7.05 Å². The maximum atomic E-state index is 12.1. The van der Waals surface area contributed by atoms with Crippen molar-refractivity contribution in [3.63, 3.8) is 0 Å². The van der Waals surface area contributed by atoms with Crippen molar-refractivity contribution in [1.82, 2.24) is 4.90 Å².